The molecule has 2 saturated heterocycles. The van der Waals surface area contributed by atoms with Crippen LogP contribution in [-0.4, -0.2) is 204 Å². The van der Waals surface area contributed by atoms with Crippen LogP contribution in [-0.2, 0) is 61.2 Å². The molecule has 1 saturated carbocycles. The van der Waals surface area contributed by atoms with Crippen LogP contribution in [0.1, 0.15) is 258 Å². The number of allylic oxidation sites excluding steroid dienone is 8. The summed E-state index contributed by atoms with van der Waals surface area (Å²) in [6, 6.07) is 0. The SMILES string of the molecule is CCCCCCCCC/C=C\CCCCCC(=O)OCC1OC(OC2C(O)C(O)C(O)C(OC3OC(CO)C(O)C(O)C3O)C2OP(=O)(O)OCC(COC(=O)/C=C/C=C/CCCCCCCCCCCCC)OC(=O)/C=C/C=C/CCCCCCCCCCCCC)C(O)C(O)C1O. The van der Waals surface area contributed by atoms with Crippen molar-refractivity contribution in [2.75, 3.05) is 26.4 Å². The zero-order valence-electron chi connectivity index (χ0n) is 59.8. The quantitative estimate of drug-likeness (QED) is 0.00513. The molecule has 18 atom stereocenters. The summed E-state index contributed by atoms with van der Waals surface area (Å²) in [7, 11) is -5.75. The smallest absolute Gasteiger partial charge is 0.463 e. The van der Waals surface area contributed by atoms with Gasteiger partial charge in [0.1, 0.15) is 98.7 Å². The summed E-state index contributed by atoms with van der Waals surface area (Å²) in [5, 5.41) is 110. The van der Waals surface area contributed by atoms with E-state index in [1.165, 1.54) is 153 Å². The van der Waals surface area contributed by atoms with Crippen LogP contribution in [0.25, 0.3) is 0 Å². The largest absolute Gasteiger partial charge is 0.472 e. The lowest BCUT2D eigenvalue weighted by atomic mass is 9.84. The number of unbranched alkanes of at least 4 members (excludes halogenated alkanes) is 32. The summed E-state index contributed by atoms with van der Waals surface area (Å²) >= 11 is 0. The Labute approximate surface area is 590 Å². The third kappa shape index (κ3) is 38.3. The van der Waals surface area contributed by atoms with E-state index in [-0.39, 0.29) is 6.42 Å². The molecule has 3 fully saturated rings. The molecular formula is C74H129O24P. The van der Waals surface area contributed by atoms with Crippen molar-refractivity contribution >= 4 is 25.7 Å². The molecule has 574 valence electrons. The lowest BCUT2D eigenvalue weighted by molar-refractivity contribution is -0.360. The van der Waals surface area contributed by atoms with E-state index in [1.807, 2.05) is 12.2 Å². The topological polar surface area (TPSA) is 374 Å². The van der Waals surface area contributed by atoms with E-state index in [9.17, 15) is 74.9 Å². The summed E-state index contributed by atoms with van der Waals surface area (Å²) in [6.45, 7) is 3.19. The van der Waals surface area contributed by atoms with E-state index in [0.29, 0.717) is 6.42 Å². The second-order valence-electron chi connectivity index (χ2n) is 26.8. The van der Waals surface area contributed by atoms with Crippen molar-refractivity contribution in [3.8, 4) is 0 Å². The summed E-state index contributed by atoms with van der Waals surface area (Å²) in [5.41, 5.74) is 0. The number of carbonyl (C=O) groups excluding carboxylic acids is 3. The number of aliphatic hydroxyl groups is 10. The Morgan fingerprint density at radius 2 is 0.788 bits per heavy atom. The van der Waals surface area contributed by atoms with Crippen molar-refractivity contribution < 1.29 is 117 Å². The van der Waals surface area contributed by atoms with Gasteiger partial charge in [-0.2, -0.15) is 0 Å². The molecular weight excluding hydrogens is 1300 g/mol. The fraction of sp³-hybridized carbons (Fsp3) is 0.824. The van der Waals surface area contributed by atoms with Crippen LogP contribution in [0.2, 0.25) is 0 Å². The number of carbonyl (C=O) groups is 3. The third-order valence-corrected chi connectivity index (χ3v) is 19.2. The summed E-state index contributed by atoms with van der Waals surface area (Å²) in [4.78, 5) is 50.7. The number of hydrogen-bond donors (Lipinski definition) is 11. The molecule has 0 aromatic carbocycles. The molecule has 3 rings (SSSR count). The maximum absolute atomic E-state index is 14.3. The van der Waals surface area contributed by atoms with E-state index in [4.69, 9.17) is 42.2 Å². The maximum Gasteiger partial charge on any atom is 0.472 e. The van der Waals surface area contributed by atoms with Crippen molar-refractivity contribution in [3.05, 3.63) is 60.8 Å². The Hall–Kier alpha value is -3.34. The Morgan fingerprint density at radius 3 is 1.22 bits per heavy atom. The summed E-state index contributed by atoms with van der Waals surface area (Å²) < 4.78 is 64.5. The molecule has 2 heterocycles. The van der Waals surface area contributed by atoms with Crippen LogP contribution in [0, 0.1) is 0 Å². The normalized spacial score (nSPS) is 27.8. The molecule has 11 N–H and O–H groups in total. The highest BCUT2D eigenvalue weighted by atomic mass is 31.2. The van der Waals surface area contributed by atoms with Crippen LogP contribution in [0.15, 0.2) is 60.8 Å². The van der Waals surface area contributed by atoms with Crippen molar-refractivity contribution in [1.82, 2.24) is 0 Å². The number of phosphoric acid groups is 1. The minimum absolute atomic E-state index is 0.000422. The van der Waals surface area contributed by atoms with Crippen LogP contribution >= 0.6 is 7.82 Å². The minimum atomic E-state index is -5.75. The lowest BCUT2D eigenvalue weighted by Crippen LogP contribution is -2.69. The van der Waals surface area contributed by atoms with Gasteiger partial charge in [0.2, 0.25) is 0 Å². The molecule has 0 aromatic rings. The molecule has 24 nitrogen and oxygen atoms in total. The first-order valence-corrected chi connectivity index (χ1v) is 39.1. The minimum Gasteiger partial charge on any atom is -0.463 e. The Balaban J connectivity index is 1.78. The number of phosphoric ester groups is 1. The highest BCUT2D eigenvalue weighted by molar-refractivity contribution is 7.47. The van der Waals surface area contributed by atoms with Gasteiger partial charge in [-0.1, -0.05) is 243 Å². The Kier molecular flexibility index (Phi) is 50.1. The van der Waals surface area contributed by atoms with Crippen LogP contribution < -0.4 is 0 Å². The van der Waals surface area contributed by atoms with Gasteiger partial charge in [-0.15, -0.1) is 0 Å². The second kappa shape index (κ2) is 55.2. The number of esters is 3. The summed E-state index contributed by atoms with van der Waals surface area (Å²) in [6.07, 6.45) is 21.4. The van der Waals surface area contributed by atoms with E-state index in [2.05, 4.69) is 32.9 Å². The first-order valence-electron chi connectivity index (χ1n) is 37.7. The van der Waals surface area contributed by atoms with Gasteiger partial charge in [0.25, 0.3) is 0 Å². The molecule has 0 radical (unpaired) electrons. The predicted molar refractivity (Wildman–Crippen MR) is 374 cm³/mol. The molecule has 25 heteroatoms. The van der Waals surface area contributed by atoms with E-state index < -0.39 is 156 Å². The number of hydrogen-bond acceptors (Lipinski definition) is 23. The molecule has 18 unspecified atom stereocenters. The third-order valence-electron chi connectivity index (χ3n) is 18.2. The zero-order chi connectivity index (χ0) is 72.5. The van der Waals surface area contributed by atoms with Crippen LogP contribution in [0.5, 0.6) is 0 Å². The highest BCUT2D eigenvalue weighted by Crippen LogP contribution is 2.49. The monoisotopic (exact) mass is 1430 g/mol. The van der Waals surface area contributed by atoms with Gasteiger partial charge in [-0.05, 0) is 57.8 Å². The van der Waals surface area contributed by atoms with Gasteiger partial charge in [0, 0.05) is 18.6 Å². The predicted octanol–water partition coefficient (Wildman–Crippen LogP) is 10.2. The van der Waals surface area contributed by atoms with E-state index >= 15 is 0 Å². The molecule has 1 aliphatic carbocycles. The van der Waals surface area contributed by atoms with Gasteiger partial charge in [0.15, 0.2) is 18.7 Å². The van der Waals surface area contributed by atoms with Gasteiger partial charge in [0.05, 0.1) is 13.2 Å². The molecule has 0 amide bonds. The van der Waals surface area contributed by atoms with Crippen molar-refractivity contribution in [3.63, 3.8) is 0 Å². The van der Waals surface area contributed by atoms with Gasteiger partial charge in [-0.3, -0.25) is 13.8 Å². The highest BCUT2D eigenvalue weighted by Gasteiger charge is 2.58. The fourth-order valence-corrected chi connectivity index (χ4v) is 13.0. The zero-order valence-corrected chi connectivity index (χ0v) is 60.6. The van der Waals surface area contributed by atoms with Gasteiger partial charge in [-0.25, -0.2) is 14.2 Å². The standard InChI is InChI=1S/C74H129O24P/c1-4-7-10-13-16-19-22-25-28-31-34-36-39-42-45-48-58(76)90-52-55(93-60(78)50-47-44-41-38-35-32-29-26-23-20-17-14-11-8-5-2)53-92-99(88,89)98-72-70(96-73-68(86)63(81)61(79)56(51-75)94-73)66(84)65(83)67(85)71(72)97-74-69(87)64(82)62(80)57(95-74)54-91-59(77)49-46-43-40-37-33-30-27-24-21-18-15-12-9-6-3/h30,33,39,41-42,44-45,47-48,50,55-57,61-75,79-87H,4-29,31-32,34-38,40,43,46,49,51-54H2,1-3H3,(H,88,89)/b33-30-,42-39+,44-41+,48-45+,50-47+. The van der Waals surface area contributed by atoms with Crippen LogP contribution in [0.4, 0.5) is 0 Å². The second-order valence-corrected chi connectivity index (χ2v) is 28.2. The fourth-order valence-electron chi connectivity index (χ4n) is 12.0. The van der Waals surface area contributed by atoms with Crippen LogP contribution in [0.3, 0.4) is 0 Å². The van der Waals surface area contributed by atoms with Crippen molar-refractivity contribution in [2.24, 2.45) is 0 Å². The molecule has 3 aliphatic rings. The molecule has 0 spiro atoms. The van der Waals surface area contributed by atoms with Gasteiger partial charge >= 0.3 is 25.7 Å². The molecule has 0 aromatic heterocycles. The Bertz CT molecular complexity index is 2280. The number of aliphatic hydroxyl groups excluding tert-OH is 10. The molecule has 0 bridgehead atoms. The maximum atomic E-state index is 14.3. The van der Waals surface area contributed by atoms with Crippen molar-refractivity contribution in [2.45, 2.75) is 362 Å². The first kappa shape index (κ1) is 89.9. The van der Waals surface area contributed by atoms with E-state index in [0.717, 1.165) is 95.6 Å². The van der Waals surface area contributed by atoms with Crippen molar-refractivity contribution in [1.29, 1.82) is 0 Å². The average Bonchev–Trinajstić information content (AvgIpc) is 0.763. The number of ether oxygens (including phenoxy) is 7. The summed E-state index contributed by atoms with van der Waals surface area (Å²) in [5.74, 6) is -2.52. The van der Waals surface area contributed by atoms with E-state index in [1.54, 1.807) is 12.2 Å². The van der Waals surface area contributed by atoms with Gasteiger partial charge < -0.3 is 89.1 Å². The average molecular weight is 1430 g/mol. The number of rotatable bonds is 57. The molecule has 99 heavy (non-hydrogen) atoms. The Morgan fingerprint density at radius 1 is 0.414 bits per heavy atom. The first-order chi connectivity index (χ1) is 47.8. The molecule has 2 aliphatic heterocycles. The lowest BCUT2D eigenvalue weighted by Gasteiger charge is -2.49.